The molecule has 3 rings (SSSR count). The summed E-state index contributed by atoms with van der Waals surface area (Å²) in [7, 11) is -1.59. The number of rotatable bonds is 16. The van der Waals surface area contributed by atoms with Crippen molar-refractivity contribution in [2.75, 3.05) is 0 Å². The minimum absolute atomic E-state index is 1.35. The molecule has 0 radical (unpaired) electrons. The summed E-state index contributed by atoms with van der Waals surface area (Å²) < 4.78 is 6.82. The van der Waals surface area contributed by atoms with Crippen molar-refractivity contribution in [3.8, 4) is 9.75 Å². The Bertz CT molecular complexity index is 835. The fraction of sp³-hybridized carbons (Fsp3) is 0.724. The molecular formula is C29H50S2SiSn. The van der Waals surface area contributed by atoms with Crippen LogP contribution in [0.25, 0.3) is 9.75 Å². The molecule has 0 unspecified atom stereocenters. The van der Waals surface area contributed by atoms with Crippen molar-refractivity contribution in [1.29, 1.82) is 0 Å². The van der Waals surface area contributed by atoms with Crippen LogP contribution in [0.5, 0.6) is 0 Å². The van der Waals surface area contributed by atoms with Crippen LogP contribution in [-0.2, 0) is 0 Å². The molecule has 0 saturated heterocycles. The first-order chi connectivity index (χ1) is 16.0. The van der Waals surface area contributed by atoms with E-state index in [4.69, 9.17) is 0 Å². The van der Waals surface area contributed by atoms with Gasteiger partial charge in [0.2, 0.25) is 0 Å². The average molecular weight is 610 g/mol. The van der Waals surface area contributed by atoms with Crippen molar-refractivity contribution < 1.29 is 0 Å². The van der Waals surface area contributed by atoms with Crippen LogP contribution in [0.2, 0.25) is 25.4 Å². The van der Waals surface area contributed by atoms with E-state index in [2.05, 4.69) is 76.3 Å². The molecule has 2 aromatic heterocycles. The van der Waals surface area contributed by atoms with Crippen LogP contribution in [0.15, 0.2) is 12.1 Å². The van der Waals surface area contributed by atoms with Gasteiger partial charge in [0.05, 0.1) is 0 Å². The van der Waals surface area contributed by atoms with E-state index in [-0.39, 0.29) is 0 Å². The summed E-state index contributed by atoms with van der Waals surface area (Å²) in [5, 5.41) is 3.78. The molecular weight excluding hydrogens is 559 g/mol. The Morgan fingerprint density at radius 1 is 0.636 bits per heavy atom. The zero-order valence-electron chi connectivity index (χ0n) is 22.6. The van der Waals surface area contributed by atoms with Gasteiger partial charge in [-0.15, -0.1) is 0 Å². The van der Waals surface area contributed by atoms with Crippen LogP contribution in [0.3, 0.4) is 0 Å². The van der Waals surface area contributed by atoms with E-state index in [1.54, 1.807) is 27.9 Å². The van der Waals surface area contributed by atoms with E-state index in [1.807, 2.05) is 13.3 Å². The molecule has 0 N–H and O–H groups in total. The Morgan fingerprint density at radius 2 is 1.09 bits per heavy atom. The molecule has 186 valence electrons. The molecule has 0 aromatic carbocycles. The third kappa shape index (κ3) is 5.88. The maximum atomic E-state index is 2.93. The fourth-order valence-corrected chi connectivity index (χ4v) is 35.4. The van der Waals surface area contributed by atoms with Gasteiger partial charge in [0.25, 0.3) is 0 Å². The van der Waals surface area contributed by atoms with Crippen LogP contribution in [-0.4, -0.2) is 26.5 Å². The summed E-state index contributed by atoms with van der Waals surface area (Å²) in [5.74, 6) is 0. The van der Waals surface area contributed by atoms with E-state index >= 15 is 0 Å². The molecule has 0 aliphatic carbocycles. The number of thiophene rings is 2. The van der Waals surface area contributed by atoms with Gasteiger partial charge in [-0.25, -0.2) is 0 Å². The van der Waals surface area contributed by atoms with E-state index in [0.717, 1.165) is 0 Å². The Balaban J connectivity index is 2.15. The van der Waals surface area contributed by atoms with Crippen molar-refractivity contribution >= 4 is 62.4 Å². The van der Waals surface area contributed by atoms with Gasteiger partial charge in [-0.2, -0.15) is 0 Å². The third-order valence-electron chi connectivity index (χ3n) is 8.29. The van der Waals surface area contributed by atoms with Crippen molar-refractivity contribution in [3.63, 3.8) is 0 Å². The van der Waals surface area contributed by atoms with Gasteiger partial charge in [-0.3, -0.25) is 0 Å². The molecule has 1 aliphatic heterocycles. The molecule has 0 bridgehead atoms. The number of fused-ring (bicyclic) bond motifs is 3. The molecule has 0 spiro atoms. The maximum absolute atomic E-state index is 2.93. The molecule has 3 heterocycles. The summed E-state index contributed by atoms with van der Waals surface area (Å²) in [6, 6.07) is 8.57. The SMILES string of the molecule is CCCC[Si]1(CCCC)c2cc(C)sc2-c2s[c]([Sn]([CH2]CCC)([CH2]CCC)[CH2]CCC)cc21. The molecule has 33 heavy (non-hydrogen) atoms. The fourth-order valence-electron chi connectivity index (χ4n) is 6.27. The van der Waals surface area contributed by atoms with Gasteiger partial charge >= 0.3 is 220 Å². The molecule has 0 saturated carbocycles. The molecule has 0 amide bonds. The molecule has 0 fully saturated rings. The zero-order chi connectivity index (χ0) is 23.9. The number of aryl methyl sites for hydroxylation is 1. The average Bonchev–Trinajstić information content (AvgIpc) is 3.48. The predicted molar refractivity (Wildman–Crippen MR) is 161 cm³/mol. The summed E-state index contributed by atoms with van der Waals surface area (Å²) in [6.45, 7) is 14.4. The second-order valence-electron chi connectivity index (χ2n) is 10.8. The van der Waals surface area contributed by atoms with Crippen molar-refractivity contribution in [2.45, 2.75) is 131 Å². The normalized spacial score (nSPS) is 14.6. The van der Waals surface area contributed by atoms with Crippen LogP contribution in [0, 0.1) is 6.92 Å². The van der Waals surface area contributed by atoms with Crippen LogP contribution >= 0.6 is 22.7 Å². The third-order valence-corrected chi connectivity index (χ3v) is 34.5. The van der Waals surface area contributed by atoms with E-state index in [9.17, 15) is 0 Å². The van der Waals surface area contributed by atoms with Crippen LogP contribution in [0.4, 0.5) is 0 Å². The quantitative estimate of drug-likeness (QED) is 0.167. The second kappa shape index (κ2) is 13.1. The minimum atomic E-state index is -2.37. The van der Waals surface area contributed by atoms with E-state index in [1.165, 1.54) is 76.3 Å². The van der Waals surface area contributed by atoms with Crippen molar-refractivity contribution in [3.05, 3.63) is 17.0 Å². The van der Waals surface area contributed by atoms with E-state index < -0.39 is 26.5 Å². The summed E-state index contributed by atoms with van der Waals surface area (Å²) in [4.78, 5) is 5.07. The molecule has 1 aliphatic rings. The summed E-state index contributed by atoms with van der Waals surface area (Å²) in [6.07, 6.45) is 14.1. The van der Waals surface area contributed by atoms with Crippen LogP contribution < -0.4 is 13.3 Å². The van der Waals surface area contributed by atoms with Gasteiger partial charge in [-0.05, 0) is 0 Å². The first-order valence-electron chi connectivity index (χ1n) is 14.3. The van der Waals surface area contributed by atoms with E-state index in [0.29, 0.717) is 0 Å². The molecule has 0 nitrogen and oxygen atoms in total. The molecule has 2 aromatic rings. The Hall–Kier alpha value is 0.416. The topological polar surface area (TPSA) is 0 Å². The van der Waals surface area contributed by atoms with Gasteiger partial charge in [0.15, 0.2) is 0 Å². The number of hydrogen-bond acceptors (Lipinski definition) is 2. The van der Waals surface area contributed by atoms with Gasteiger partial charge in [0, 0.05) is 0 Å². The predicted octanol–water partition coefficient (Wildman–Crippen LogP) is 9.32. The Kier molecular flexibility index (Phi) is 11.1. The number of hydrogen-bond donors (Lipinski definition) is 0. The number of unbranched alkanes of at least 4 members (excludes halogenated alkanes) is 5. The monoisotopic (exact) mass is 610 g/mol. The first-order valence-corrected chi connectivity index (χ1v) is 25.8. The zero-order valence-corrected chi connectivity index (χ0v) is 28.1. The first kappa shape index (κ1) is 28.0. The van der Waals surface area contributed by atoms with Gasteiger partial charge < -0.3 is 0 Å². The molecule has 0 atom stereocenters. The van der Waals surface area contributed by atoms with Crippen molar-refractivity contribution in [2.24, 2.45) is 0 Å². The second-order valence-corrected chi connectivity index (χ2v) is 31.5. The Morgan fingerprint density at radius 3 is 1.58 bits per heavy atom. The standard InChI is InChI=1S/C17H23S2Si.3C4H9.Sn/c1-4-6-10-20(11-7-5-2)14-8-9-18-16(14)17-15(20)12-13(3)19-17;3*1-3-4-2;/h8,12H,4-7,10-11H2,1-3H3;3*1,3-4H2,2H3;. The van der Waals surface area contributed by atoms with Gasteiger partial charge in [0.1, 0.15) is 0 Å². The van der Waals surface area contributed by atoms with Crippen molar-refractivity contribution in [1.82, 2.24) is 0 Å². The van der Waals surface area contributed by atoms with Crippen LogP contribution in [0.1, 0.15) is 104 Å². The summed E-state index contributed by atoms with van der Waals surface area (Å²) >= 11 is 2.11. The molecule has 4 heteroatoms. The summed E-state index contributed by atoms with van der Waals surface area (Å²) in [5.41, 5.74) is 0. The van der Waals surface area contributed by atoms with Gasteiger partial charge in [-0.1, -0.05) is 0 Å². The Labute approximate surface area is 218 Å².